The number of hydrogen-bond acceptors (Lipinski definition) is 5. The van der Waals surface area contributed by atoms with Gasteiger partial charge in [-0.15, -0.1) is 11.3 Å². The number of nitrogens with zero attached hydrogens (tertiary/aromatic N) is 2. The van der Waals surface area contributed by atoms with E-state index in [1.165, 1.54) is 11.3 Å². The van der Waals surface area contributed by atoms with Crippen LogP contribution in [-0.4, -0.2) is 47.4 Å². The molecule has 1 aliphatic rings. The van der Waals surface area contributed by atoms with E-state index in [9.17, 15) is 9.59 Å². The monoisotopic (exact) mass is 345 g/mol. The Labute approximate surface area is 144 Å². The van der Waals surface area contributed by atoms with Crippen LogP contribution in [0.1, 0.15) is 21.0 Å². The fraction of sp³-hybridized carbons (Fsp3) is 0.353. The number of thiophene rings is 1. The van der Waals surface area contributed by atoms with Gasteiger partial charge in [0.2, 0.25) is 5.91 Å². The van der Waals surface area contributed by atoms with Crippen molar-refractivity contribution in [3.8, 4) is 5.75 Å². The van der Waals surface area contributed by atoms with Crippen LogP contribution in [0.4, 0.5) is 0 Å². The Kier molecular flexibility index (Phi) is 4.80. The predicted octanol–water partition coefficient (Wildman–Crippen LogP) is 1.86. The van der Waals surface area contributed by atoms with Crippen molar-refractivity contribution >= 4 is 23.2 Å². The molecule has 1 aliphatic heterocycles. The van der Waals surface area contributed by atoms with E-state index in [4.69, 9.17) is 4.74 Å². The molecule has 126 valence electrons. The molecule has 3 heterocycles. The molecule has 24 heavy (non-hydrogen) atoms. The quantitative estimate of drug-likeness (QED) is 0.918. The van der Waals surface area contributed by atoms with Crippen molar-refractivity contribution in [1.82, 2.24) is 15.2 Å². The van der Waals surface area contributed by atoms with Crippen molar-refractivity contribution in [1.29, 1.82) is 0 Å². The average Bonchev–Trinajstić information content (AvgIpc) is 3.21. The number of hydrogen-bond donors (Lipinski definition) is 1. The van der Waals surface area contributed by atoms with E-state index in [2.05, 4.69) is 10.3 Å². The lowest BCUT2D eigenvalue weighted by Crippen LogP contribution is -2.44. The van der Waals surface area contributed by atoms with Crippen molar-refractivity contribution in [2.24, 2.45) is 0 Å². The van der Waals surface area contributed by atoms with Crippen LogP contribution in [0.25, 0.3) is 0 Å². The standard InChI is InChI=1S/C17H19N3O3S/c1-11-5-6-15(24-11)17(22)20-10-13(8-14(20)16(21)18-2)23-12-4-3-7-19-9-12/h3-7,9,13-14H,8,10H2,1-2H3,(H,18,21)/t13-,14-/m0/s1. The first-order valence-electron chi connectivity index (χ1n) is 7.74. The van der Waals surface area contributed by atoms with Gasteiger partial charge in [-0.25, -0.2) is 0 Å². The van der Waals surface area contributed by atoms with E-state index in [1.54, 1.807) is 36.5 Å². The zero-order chi connectivity index (χ0) is 17.1. The zero-order valence-electron chi connectivity index (χ0n) is 13.6. The molecular formula is C17H19N3O3S. The number of likely N-dealkylation sites (N-methyl/N-ethyl adjacent to an activating group) is 1. The van der Waals surface area contributed by atoms with Crippen LogP contribution in [0.3, 0.4) is 0 Å². The molecule has 1 fully saturated rings. The molecule has 6 nitrogen and oxygen atoms in total. The molecule has 2 aromatic rings. The third kappa shape index (κ3) is 3.41. The number of likely N-dealkylation sites (tertiary alicyclic amines) is 1. The summed E-state index contributed by atoms with van der Waals surface area (Å²) >= 11 is 1.44. The molecule has 1 N–H and O–H groups in total. The highest BCUT2D eigenvalue weighted by Gasteiger charge is 2.41. The molecule has 0 spiro atoms. The number of rotatable bonds is 4. The van der Waals surface area contributed by atoms with Gasteiger partial charge in [0.1, 0.15) is 17.9 Å². The van der Waals surface area contributed by atoms with Crippen LogP contribution in [0.15, 0.2) is 36.7 Å². The molecule has 2 amide bonds. The molecule has 2 atom stereocenters. The van der Waals surface area contributed by atoms with Gasteiger partial charge in [-0.05, 0) is 31.2 Å². The molecule has 7 heteroatoms. The van der Waals surface area contributed by atoms with E-state index in [1.807, 2.05) is 19.1 Å². The molecule has 0 aromatic carbocycles. The molecule has 2 aromatic heterocycles. The summed E-state index contributed by atoms with van der Waals surface area (Å²) in [5.74, 6) is 0.340. The van der Waals surface area contributed by atoms with Gasteiger partial charge in [-0.3, -0.25) is 14.6 Å². The summed E-state index contributed by atoms with van der Waals surface area (Å²) in [5.41, 5.74) is 0. The Morgan fingerprint density at radius 1 is 1.38 bits per heavy atom. The molecule has 1 saturated heterocycles. The maximum Gasteiger partial charge on any atom is 0.264 e. The fourth-order valence-electron chi connectivity index (χ4n) is 2.82. The Hall–Kier alpha value is -2.41. The van der Waals surface area contributed by atoms with Crippen LogP contribution in [0.5, 0.6) is 5.75 Å². The number of carbonyl (C=O) groups excluding carboxylic acids is 2. The van der Waals surface area contributed by atoms with Crippen LogP contribution >= 0.6 is 11.3 Å². The summed E-state index contributed by atoms with van der Waals surface area (Å²) in [6, 6.07) is 6.80. The van der Waals surface area contributed by atoms with E-state index in [0.29, 0.717) is 23.6 Å². The van der Waals surface area contributed by atoms with E-state index >= 15 is 0 Å². The van der Waals surface area contributed by atoms with Gasteiger partial charge in [0, 0.05) is 24.5 Å². The van der Waals surface area contributed by atoms with Gasteiger partial charge in [0.05, 0.1) is 17.6 Å². The summed E-state index contributed by atoms with van der Waals surface area (Å²) in [6.45, 7) is 2.33. The second kappa shape index (κ2) is 7.00. The Bertz CT molecular complexity index is 732. The van der Waals surface area contributed by atoms with Gasteiger partial charge >= 0.3 is 0 Å². The Morgan fingerprint density at radius 3 is 2.83 bits per heavy atom. The maximum absolute atomic E-state index is 12.8. The summed E-state index contributed by atoms with van der Waals surface area (Å²) in [7, 11) is 1.58. The van der Waals surface area contributed by atoms with Crippen LogP contribution < -0.4 is 10.1 Å². The number of carbonyl (C=O) groups is 2. The van der Waals surface area contributed by atoms with E-state index in [-0.39, 0.29) is 17.9 Å². The van der Waals surface area contributed by atoms with Gasteiger partial charge in [-0.2, -0.15) is 0 Å². The number of ether oxygens (including phenoxy) is 1. The van der Waals surface area contributed by atoms with Crippen molar-refractivity contribution in [3.05, 3.63) is 46.4 Å². The van der Waals surface area contributed by atoms with Gasteiger partial charge in [0.25, 0.3) is 5.91 Å². The lowest BCUT2D eigenvalue weighted by Gasteiger charge is -2.22. The van der Waals surface area contributed by atoms with Crippen LogP contribution in [0.2, 0.25) is 0 Å². The fourth-order valence-corrected chi connectivity index (χ4v) is 3.65. The number of pyridine rings is 1. The molecule has 0 unspecified atom stereocenters. The summed E-state index contributed by atoms with van der Waals surface area (Å²) in [6.07, 6.45) is 3.53. The summed E-state index contributed by atoms with van der Waals surface area (Å²) < 4.78 is 5.89. The number of nitrogens with one attached hydrogen (secondary N) is 1. The second-order valence-electron chi connectivity index (χ2n) is 5.66. The SMILES string of the molecule is CNC(=O)[C@@H]1C[C@H](Oc2cccnc2)CN1C(=O)c1ccc(C)s1. The number of aryl methyl sites for hydroxylation is 1. The smallest absolute Gasteiger partial charge is 0.264 e. The topological polar surface area (TPSA) is 71.5 Å². The minimum absolute atomic E-state index is 0.126. The minimum Gasteiger partial charge on any atom is -0.487 e. The minimum atomic E-state index is -0.522. The van der Waals surface area contributed by atoms with Gasteiger partial charge in [-0.1, -0.05) is 0 Å². The Balaban J connectivity index is 1.78. The first-order valence-corrected chi connectivity index (χ1v) is 8.56. The van der Waals surface area contributed by atoms with Crippen LogP contribution in [-0.2, 0) is 4.79 Å². The number of aromatic nitrogens is 1. The number of amides is 2. The largest absolute Gasteiger partial charge is 0.487 e. The van der Waals surface area contributed by atoms with Crippen molar-refractivity contribution in [2.75, 3.05) is 13.6 Å². The molecule has 0 aliphatic carbocycles. The van der Waals surface area contributed by atoms with E-state index in [0.717, 1.165) is 4.88 Å². The third-order valence-electron chi connectivity index (χ3n) is 3.96. The first-order chi connectivity index (χ1) is 11.6. The third-order valence-corrected chi connectivity index (χ3v) is 4.95. The highest BCUT2D eigenvalue weighted by atomic mass is 32.1. The van der Waals surface area contributed by atoms with Crippen molar-refractivity contribution in [2.45, 2.75) is 25.5 Å². The normalized spacial score (nSPS) is 20.0. The molecule has 0 bridgehead atoms. The van der Waals surface area contributed by atoms with Gasteiger partial charge in [0.15, 0.2) is 0 Å². The molecular weight excluding hydrogens is 326 g/mol. The van der Waals surface area contributed by atoms with Crippen LogP contribution in [0, 0.1) is 6.92 Å². The van der Waals surface area contributed by atoms with Crippen molar-refractivity contribution in [3.63, 3.8) is 0 Å². The maximum atomic E-state index is 12.8. The predicted molar refractivity (Wildman–Crippen MR) is 91.2 cm³/mol. The van der Waals surface area contributed by atoms with Gasteiger partial charge < -0.3 is 15.0 Å². The highest BCUT2D eigenvalue weighted by Crippen LogP contribution is 2.26. The lowest BCUT2D eigenvalue weighted by molar-refractivity contribution is -0.124. The second-order valence-corrected chi connectivity index (χ2v) is 6.95. The average molecular weight is 345 g/mol. The first kappa shape index (κ1) is 16.4. The Morgan fingerprint density at radius 2 is 2.21 bits per heavy atom. The molecule has 0 saturated carbocycles. The summed E-state index contributed by atoms with van der Waals surface area (Å²) in [4.78, 5) is 32.3. The zero-order valence-corrected chi connectivity index (χ0v) is 14.4. The summed E-state index contributed by atoms with van der Waals surface area (Å²) in [5, 5.41) is 2.64. The highest BCUT2D eigenvalue weighted by molar-refractivity contribution is 7.13. The molecule has 3 rings (SSSR count). The van der Waals surface area contributed by atoms with Crippen molar-refractivity contribution < 1.29 is 14.3 Å². The van der Waals surface area contributed by atoms with E-state index < -0.39 is 6.04 Å². The molecule has 0 radical (unpaired) electrons. The lowest BCUT2D eigenvalue weighted by atomic mass is 10.2.